The van der Waals surface area contributed by atoms with Gasteiger partial charge in [0, 0.05) is 30.6 Å². The SMILES string of the molecule is O=C(NCc1ccncc1)c1cc(C2CC2)nc2onc(C3CCCN3)c12. The highest BCUT2D eigenvalue weighted by Gasteiger charge is 2.31. The van der Waals surface area contributed by atoms with Crippen LogP contribution in [0.25, 0.3) is 11.1 Å². The Balaban J connectivity index is 1.51. The Hall–Kier alpha value is -2.80. The van der Waals surface area contributed by atoms with Gasteiger partial charge in [-0.25, -0.2) is 4.98 Å². The molecule has 3 aromatic heterocycles. The van der Waals surface area contributed by atoms with E-state index >= 15 is 0 Å². The molecule has 1 saturated heterocycles. The first-order chi connectivity index (χ1) is 13.3. The van der Waals surface area contributed by atoms with Crippen molar-refractivity contribution in [3.63, 3.8) is 0 Å². The standard InChI is InChI=1S/C20H21N5O2/c26-19(23-11-12-5-8-21-9-6-12)14-10-16(13-3-4-13)24-20-17(14)18(25-27-20)15-2-1-7-22-15/h5-6,8-10,13,15,22H,1-4,7,11H2,(H,23,26). The Bertz CT molecular complexity index is 975. The van der Waals surface area contributed by atoms with Crippen LogP contribution >= 0.6 is 0 Å². The maximum Gasteiger partial charge on any atom is 0.259 e. The molecule has 5 rings (SSSR count). The summed E-state index contributed by atoms with van der Waals surface area (Å²) in [6.45, 7) is 1.41. The Morgan fingerprint density at radius 1 is 1.26 bits per heavy atom. The van der Waals surface area contributed by atoms with Crippen LogP contribution in [-0.4, -0.2) is 27.6 Å². The maximum absolute atomic E-state index is 13.0. The first kappa shape index (κ1) is 16.4. The van der Waals surface area contributed by atoms with E-state index in [1.165, 1.54) is 0 Å². The molecule has 1 aliphatic carbocycles. The van der Waals surface area contributed by atoms with Gasteiger partial charge in [0.2, 0.25) is 0 Å². The largest absolute Gasteiger partial charge is 0.348 e. The third kappa shape index (κ3) is 3.19. The van der Waals surface area contributed by atoms with Crippen LogP contribution in [0.5, 0.6) is 0 Å². The van der Waals surface area contributed by atoms with Crippen LogP contribution in [0.15, 0.2) is 35.1 Å². The van der Waals surface area contributed by atoms with E-state index in [2.05, 4.69) is 25.8 Å². The number of carbonyl (C=O) groups is 1. The summed E-state index contributed by atoms with van der Waals surface area (Å²) in [6, 6.07) is 5.83. The minimum Gasteiger partial charge on any atom is -0.348 e. The van der Waals surface area contributed by atoms with E-state index in [1.54, 1.807) is 12.4 Å². The van der Waals surface area contributed by atoms with Gasteiger partial charge in [-0.15, -0.1) is 0 Å². The molecule has 2 N–H and O–H groups in total. The van der Waals surface area contributed by atoms with E-state index in [-0.39, 0.29) is 11.9 Å². The molecule has 4 heterocycles. The third-order valence-electron chi connectivity index (χ3n) is 5.33. The number of hydrogen-bond donors (Lipinski definition) is 2. The van der Waals surface area contributed by atoms with Crippen molar-refractivity contribution in [1.82, 2.24) is 25.8 Å². The number of amides is 1. The summed E-state index contributed by atoms with van der Waals surface area (Å²) >= 11 is 0. The third-order valence-corrected chi connectivity index (χ3v) is 5.33. The molecule has 0 aromatic carbocycles. The lowest BCUT2D eigenvalue weighted by Gasteiger charge is -2.11. The van der Waals surface area contributed by atoms with Crippen molar-refractivity contribution in [1.29, 1.82) is 0 Å². The van der Waals surface area contributed by atoms with E-state index in [0.29, 0.717) is 23.7 Å². The predicted molar refractivity (Wildman–Crippen MR) is 99.2 cm³/mol. The molecule has 0 radical (unpaired) electrons. The molecule has 2 fully saturated rings. The van der Waals surface area contributed by atoms with Crippen LogP contribution in [0.1, 0.15) is 65.0 Å². The molecular formula is C20H21N5O2. The van der Waals surface area contributed by atoms with E-state index in [1.807, 2.05) is 18.2 Å². The van der Waals surface area contributed by atoms with Crippen molar-refractivity contribution < 1.29 is 9.32 Å². The normalized spacial score (nSPS) is 19.5. The summed E-state index contributed by atoms with van der Waals surface area (Å²) in [5.41, 5.74) is 3.82. The molecule has 1 aliphatic heterocycles. The van der Waals surface area contributed by atoms with E-state index in [4.69, 9.17) is 4.52 Å². The molecule has 1 unspecified atom stereocenters. The van der Waals surface area contributed by atoms with Gasteiger partial charge in [-0.3, -0.25) is 9.78 Å². The Morgan fingerprint density at radius 2 is 2.11 bits per heavy atom. The van der Waals surface area contributed by atoms with Crippen molar-refractivity contribution in [3.8, 4) is 0 Å². The van der Waals surface area contributed by atoms with E-state index < -0.39 is 0 Å². The minimum atomic E-state index is -0.122. The molecule has 7 heteroatoms. The van der Waals surface area contributed by atoms with Crippen molar-refractivity contribution in [3.05, 3.63) is 53.1 Å². The highest BCUT2D eigenvalue weighted by molar-refractivity contribution is 6.06. The van der Waals surface area contributed by atoms with Gasteiger partial charge >= 0.3 is 0 Å². The summed E-state index contributed by atoms with van der Waals surface area (Å²) < 4.78 is 5.54. The molecule has 0 bridgehead atoms. The summed E-state index contributed by atoms with van der Waals surface area (Å²) in [6.07, 6.45) is 7.76. The topological polar surface area (TPSA) is 92.9 Å². The molecule has 27 heavy (non-hydrogen) atoms. The second-order valence-electron chi connectivity index (χ2n) is 7.30. The number of nitrogens with one attached hydrogen (secondary N) is 2. The zero-order valence-electron chi connectivity index (χ0n) is 14.9. The molecule has 7 nitrogen and oxygen atoms in total. The highest BCUT2D eigenvalue weighted by Crippen LogP contribution is 2.41. The van der Waals surface area contributed by atoms with Crippen molar-refractivity contribution >= 4 is 17.0 Å². The van der Waals surface area contributed by atoms with Crippen molar-refractivity contribution in [2.75, 3.05) is 6.54 Å². The van der Waals surface area contributed by atoms with Crippen LogP contribution in [0.4, 0.5) is 0 Å². The second-order valence-corrected chi connectivity index (χ2v) is 7.30. The lowest BCUT2D eigenvalue weighted by Crippen LogP contribution is -2.24. The number of rotatable bonds is 5. The lowest BCUT2D eigenvalue weighted by molar-refractivity contribution is 0.0952. The van der Waals surface area contributed by atoms with Gasteiger partial charge in [-0.2, -0.15) is 0 Å². The molecule has 0 spiro atoms. The number of aromatic nitrogens is 3. The second kappa shape index (κ2) is 6.74. The molecule has 138 valence electrons. The van der Waals surface area contributed by atoms with E-state index in [0.717, 1.165) is 54.6 Å². The average Bonchev–Trinajstić information content (AvgIpc) is 3.24. The quantitative estimate of drug-likeness (QED) is 0.724. The highest BCUT2D eigenvalue weighted by atomic mass is 16.5. The number of nitrogens with zero attached hydrogens (tertiary/aromatic N) is 3. The fraction of sp³-hybridized carbons (Fsp3) is 0.400. The maximum atomic E-state index is 13.0. The lowest BCUT2D eigenvalue weighted by atomic mass is 10.0. The van der Waals surface area contributed by atoms with Crippen molar-refractivity contribution in [2.24, 2.45) is 0 Å². The van der Waals surface area contributed by atoms with Gasteiger partial charge in [0.05, 0.1) is 17.0 Å². The van der Waals surface area contributed by atoms with Crippen molar-refractivity contribution in [2.45, 2.75) is 44.2 Å². The monoisotopic (exact) mass is 363 g/mol. The number of hydrogen-bond acceptors (Lipinski definition) is 6. The number of pyridine rings is 2. The summed E-state index contributed by atoms with van der Waals surface area (Å²) in [5, 5.41) is 11.5. The number of fused-ring (bicyclic) bond motifs is 1. The van der Waals surface area contributed by atoms with Crippen LogP contribution in [-0.2, 0) is 6.54 Å². The average molecular weight is 363 g/mol. The molecule has 1 atom stereocenters. The molecular weight excluding hydrogens is 342 g/mol. The van der Waals surface area contributed by atoms with Gasteiger partial charge in [-0.05, 0) is 56.0 Å². The zero-order valence-corrected chi connectivity index (χ0v) is 14.9. The zero-order chi connectivity index (χ0) is 18.2. The van der Waals surface area contributed by atoms with Gasteiger partial charge in [-0.1, -0.05) is 5.16 Å². The van der Waals surface area contributed by atoms with E-state index in [9.17, 15) is 4.79 Å². The van der Waals surface area contributed by atoms with Crippen LogP contribution in [0.3, 0.4) is 0 Å². The first-order valence-corrected chi connectivity index (χ1v) is 9.50. The Labute approximate surface area is 156 Å². The summed E-state index contributed by atoms with van der Waals surface area (Å²) in [7, 11) is 0. The van der Waals surface area contributed by atoms with Gasteiger partial charge in [0.1, 0.15) is 5.69 Å². The van der Waals surface area contributed by atoms with Gasteiger partial charge in [0.15, 0.2) is 0 Å². The van der Waals surface area contributed by atoms with Crippen LogP contribution in [0.2, 0.25) is 0 Å². The predicted octanol–water partition coefficient (Wildman–Crippen LogP) is 2.85. The Morgan fingerprint density at radius 3 is 2.85 bits per heavy atom. The number of carbonyl (C=O) groups excluding carboxylic acids is 1. The van der Waals surface area contributed by atoms with Gasteiger partial charge in [0.25, 0.3) is 11.6 Å². The minimum absolute atomic E-state index is 0.117. The molecule has 2 aliphatic rings. The molecule has 1 saturated carbocycles. The fourth-order valence-electron chi connectivity index (χ4n) is 3.69. The smallest absolute Gasteiger partial charge is 0.259 e. The fourth-order valence-corrected chi connectivity index (χ4v) is 3.69. The molecule has 3 aromatic rings. The summed E-state index contributed by atoms with van der Waals surface area (Å²) in [5.74, 6) is 0.308. The Kier molecular flexibility index (Phi) is 4.09. The van der Waals surface area contributed by atoms with Gasteiger partial charge < -0.3 is 15.2 Å². The van der Waals surface area contributed by atoms with Crippen LogP contribution < -0.4 is 10.6 Å². The summed E-state index contributed by atoms with van der Waals surface area (Å²) in [4.78, 5) is 21.7. The first-order valence-electron chi connectivity index (χ1n) is 9.50. The molecule has 1 amide bonds. The van der Waals surface area contributed by atoms with Crippen LogP contribution in [0, 0.1) is 0 Å².